The van der Waals surface area contributed by atoms with Crippen molar-refractivity contribution >= 4 is 22.8 Å². The van der Waals surface area contributed by atoms with Crippen LogP contribution in [-0.2, 0) is 26.6 Å². The number of aliphatic hydroxyl groups is 1. The van der Waals surface area contributed by atoms with Crippen LogP contribution in [0.1, 0.15) is 31.7 Å². The topological polar surface area (TPSA) is 94.1 Å². The van der Waals surface area contributed by atoms with E-state index in [2.05, 4.69) is 24.1 Å². The fourth-order valence-electron chi connectivity index (χ4n) is 3.45. The molecule has 0 fully saturated rings. The molecule has 0 amide bonds. The summed E-state index contributed by atoms with van der Waals surface area (Å²) >= 11 is 6.01. The van der Waals surface area contributed by atoms with Crippen molar-refractivity contribution in [2.24, 2.45) is 7.05 Å². The van der Waals surface area contributed by atoms with Gasteiger partial charge >= 0.3 is 5.69 Å². The molecule has 0 saturated heterocycles. The first-order valence-electron chi connectivity index (χ1n) is 10.1. The first-order valence-corrected chi connectivity index (χ1v) is 10.5. The maximum atomic E-state index is 13.2. The van der Waals surface area contributed by atoms with Gasteiger partial charge in [-0.15, -0.1) is 0 Å². The van der Waals surface area contributed by atoms with Gasteiger partial charge in [-0.25, -0.2) is 9.78 Å². The van der Waals surface area contributed by atoms with Crippen LogP contribution in [0.3, 0.4) is 0 Å². The van der Waals surface area contributed by atoms with Crippen LogP contribution in [0.2, 0.25) is 5.02 Å². The molecule has 0 atom stereocenters. The summed E-state index contributed by atoms with van der Waals surface area (Å²) < 4.78 is 4.47. The second kappa shape index (κ2) is 9.59. The molecule has 9 heteroatoms. The zero-order valence-electron chi connectivity index (χ0n) is 17.6. The Hall–Kier alpha value is -2.42. The number of hydrogen-bond acceptors (Lipinski definition) is 5. The minimum atomic E-state index is -0.427. The van der Waals surface area contributed by atoms with Crippen LogP contribution in [0.5, 0.6) is 0 Å². The predicted molar refractivity (Wildman–Crippen MR) is 118 cm³/mol. The number of aromatic nitrogens is 4. The number of aliphatic hydroxyl groups excluding tert-OH is 1. The Kier molecular flexibility index (Phi) is 7.12. The molecule has 8 nitrogen and oxygen atoms in total. The molecule has 30 heavy (non-hydrogen) atoms. The predicted octanol–water partition coefficient (Wildman–Crippen LogP) is 1.52. The molecule has 2 N–H and O–H groups in total. The molecule has 0 bridgehead atoms. The molecule has 2 heterocycles. The molecule has 3 aromatic rings. The van der Waals surface area contributed by atoms with Crippen molar-refractivity contribution in [2.75, 3.05) is 13.2 Å². The van der Waals surface area contributed by atoms with E-state index in [1.807, 2.05) is 28.8 Å². The highest BCUT2D eigenvalue weighted by molar-refractivity contribution is 6.30. The van der Waals surface area contributed by atoms with Crippen molar-refractivity contribution in [1.82, 2.24) is 24.0 Å². The number of fused-ring (bicyclic) bond motifs is 1. The van der Waals surface area contributed by atoms with Gasteiger partial charge in [0, 0.05) is 50.8 Å². The summed E-state index contributed by atoms with van der Waals surface area (Å²) in [6, 6.07) is 7.78. The molecule has 3 rings (SSSR count). The Morgan fingerprint density at radius 1 is 1.17 bits per heavy atom. The zero-order valence-corrected chi connectivity index (χ0v) is 18.3. The van der Waals surface area contributed by atoms with Crippen molar-refractivity contribution < 1.29 is 5.11 Å². The number of aryl methyl sites for hydroxylation is 1. The molecule has 2 aromatic heterocycles. The van der Waals surface area contributed by atoms with Crippen LogP contribution in [0, 0.1) is 0 Å². The Morgan fingerprint density at radius 2 is 1.87 bits per heavy atom. The second-order valence-electron chi connectivity index (χ2n) is 7.65. The van der Waals surface area contributed by atoms with Crippen molar-refractivity contribution in [3.63, 3.8) is 0 Å². The van der Waals surface area contributed by atoms with E-state index < -0.39 is 5.69 Å². The van der Waals surface area contributed by atoms with Crippen molar-refractivity contribution in [3.05, 3.63) is 61.5 Å². The first kappa shape index (κ1) is 22.3. The number of imidazole rings is 1. The van der Waals surface area contributed by atoms with Crippen LogP contribution in [-0.4, -0.2) is 43.0 Å². The summed E-state index contributed by atoms with van der Waals surface area (Å²) in [5.74, 6) is 0.736. The number of nitrogens with zero attached hydrogens (tertiary/aromatic N) is 4. The Morgan fingerprint density at radius 3 is 2.50 bits per heavy atom. The summed E-state index contributed by atoms with van der Waals surface area (Å²) in [5, 5.41) is 13.2. The monoisotopic (exact) mass is 433 g/mol. The maximum absolute atomic E-state index is 13.2. The van der Waals surface area contributed by atoms with E-state index in [-0.39, 0.29) is 18.7 Å². The molecule has 0 aliphatic rings. The fourth-order valence-corrected chi connectivity index (χ4v) is 3.57. The molecule has 0 spiro atoms. The lowest BCUT2D eigenvalue weighted by Crippen LogP contribution is -2.40. The van der Waals surface area contributed by atoms with E-state index in [9.17, 15) is 9.59 Å². The number of halogens is 1. The van der Waals surface area contributed by atoms with Gasteiger partial charge in [0.25, 0.3) is 5.56 Å². The molecule has 0 unspecified atom stereocenters. The van der Waals surface area contributed by atoms with Crippen LogP contribution in [0.25, 0.3) is 11.2 Å². The lowest BCUT2D eigenvalue weighted by molar-refractivity contribution is 0.277. The average Bonchev–Trinajstić information content (AvgIpc) is 3.06. The van der Waals surface area contributed by atoms with Gasteiger partial charge in [0.2, 0.25) is 0 Å². The van der Waals surface area contributed by atoms with Crippen molar-refractivity contribution in [1.29, 1.82) is 0 Å². The Balaban J connectivity index is 2.16. The second-order valence-corrected chi connectivity index (χ2v) is 8.08. The third-order valence-electron chi connectivity index (χ3n) is 5.01. The van der Waals surface area contributed by atoms with E-state index in [1.165, 1.54) is 9.13 Å². The van der Waals surface area contributed by atoms with Gasteiger partial charge in [-0.3, -0.25) is 13.9 Å². The lowest BCUT2D eigenvalue weighted by Gasteiger charge is -2.12. The summed E-state index contributed by atoms with van der Waals surface area (Å²) in [4.78, 5) is 30.6. The summed E-state index contributed by atoms with van der Waals surface area (Å²) in [7, 11) is 1.62. The third-order valence-corrected chi connectivity index (χ3v) is 5.26. The van der Waals surface area contributed by atoms with Gasteiger partial charge in [0.1, 0.15) is 5.82 Å². The average molecular weight is 434 g/mol. The minimum absolute atomic E-state index is 0.0935. The smallest absolute Gasteiger partial charge is 0.332 e. The van der Waals surface area contributed by atoms with Crippen LogP contribution < -0.4 is 16.6 Å². The van der Waals surface area contributed by atoms with Crippen molar-refractivity contribution in [2.45, 2.75) is 45.8 Å². The largest absolute Gasteiger partial charge is 0.396 e. The molecule has 0 saturated carbocycles. The van der Waals surface area contributed by atoms with E-state index in [4.69, 9.17) is 16.7 Å². The Labute approximate surface area is 179 Å². The standard InChI is InChI=1S/C21H28ClN5O3/c1-14(2)23-10-9-17-24-19-18(27(17)13-15-5-7-16(22)8-6-15)20(29)26(11-4-12-28)21(30)25(19)3/h5-8,14,23,28H,4,9-13H2,1-3H3. The molecule has 0 radical (unpaired) electrons. The zero-order chi connectivity index (χ0) is 21.8. The first-order chi connectivity index (χ1) is 14.3. The SMILES string of the molecule is CC(C)NCCc1nc2c(c(=O)n(CCCO)c(=O)n2C)n1Cc1ccc(Cl)cc1. The van der Waals surface area contributed by atoms with Gasteiger partial charge in [-0.05, 0) is 24.1 Å². The molecule has 162 valence electrons. The number of benzene rings is 1. The molecule has 0 aliphatic heterocycles. The third kappa shape index (κ3) is 4.66. The summed E-state index contributed by atoms with van der Waals surface area (Å²) in [6.45, 7) is 5.35. The molecular weight excluding hydrogens is 406 g/mol. The summed E-state index contributed by atoms with van der Waals surface area (Å²) in [6.07, 6.45) is 0.946. The van der Waals surface area contributed by atoms with Gasteiger partial charge in [0.05, 0.1) is 0 Å². The van der Waals surface area contributed by atoms with Crippen LogP contribution in [0.4, 0.5) is 0 Å². The van der Waals surface area contributed by atoms with Crippen molar-refractivity contribution in [3.8, 4) is 0 Å². The van der Waals surface area contributed by atoms with Crippen LogP contribution in [0.15, 0.2) is 33.9 Å². The van der Waals surface area contributed by atoms with E-state index in [0.717, 1.165) is 11.4 Å². The number of hydrogen-bond donors (Lipinski definition) is 2. The molecular formula is C21H28ClN5O3. The molecule has 0 aliphatic carbocycles. The summed E-state index contributed by atoms with van der Waals surface area (Å²) in [5.41, 5.74) is 0.935. The highest BCUT2D eigenvalue weighted by Gasteiger charge is 2.20. The lowest BCUT2D eigenvalue weighted by atomic mass is 10.2. The van der Waals surface area contributed by atoms with Gasteiger partial charge < -0.3 is 15.0 Å². The highest BCUT2D eigenvalue weighted by Crippen LogP contribution is 2.16. The fraction of sp³-hybridized carbons (Fsp3) is 0.476. The number of rotatable bonds is 9. The number of nitrogens with one attached hydrogen (secondary N) is 1. The quantitative estimate of drug-likeness (QED) is 0.533. The normalized spacial score (nSPS) is 11.7. The highest BCUT2D eigenvalue weighted by atomic mass is 35.5. The van der Waals surface area contributed by atoms with E-state index >= 15 is 0 Å². The minimum Gasteiger partial charge on any atom is -0.396 e. The van der Waals surface area contributed by atoms with Gasteiger partial charge in [-0.2, -0.15) is 0 Å². The maximum Gasteiger partial charge on any atom is 0.332 e. The van der Waals surface area contributed by atoms with E-state index in [1.54, 1.807) is 7.05 Å². The van der Waals surface area contributed by atoms with E-state index in [0.29, 0.717) is 48.2 Å². The van der Waals surface area contributed by atoms with Gasteiger partial charge in [-0.1, -0.05) is 37.6 Å². The van der Waals surface area contributed by atoms with Gasteiger partial charge in [0.15, 0.2) is 11.2 Å². The van der Waals surface area contributed by atoms with Crippen LogP contribution >= 0.6 is 11.6 Å². The molecule has 1 aromatic carbocycles. The Bertz CT molecular complexity index is 1130.